The van der Waals surface area contributed by atoms with E-state index in [0.29, 0.717) is 0 Å². The third-order valence-corrected chi connectivity index (χ3v) is 2.44. The van der Waals surface area contributed by atoms with Gasteiger partial charge in [0.05, 0.1) is 5.54 Å². The zero-order chi connectivity index (χ0) is 11.0. The van der Waals surface area contributed by atoms with Crippen LogP contribution in [0.3, 0.4) is 0 Å². The maximum atomic E-state index is 12.2. The molecule has 8 heteroatoms. The summed E-state index contributed by atoms with van der Waals surface area (Å²) in [5.74, 6) is -0.344. The van der Waals surface area contributed by atoms with Crippen molar-refractivity contribution in [2.45, 2.75) is 19.4 Å². The average Bonchev–Trinajstić information content (AvgIpc) is 1.97. The number of hydrogen-bond donors (Lipinski definition) is 1. The zero-order valence-electron chi connectivity index (χ0n) is 9.19. The van der Waals surface area contributed by atoms with Crippen molar-refractivity contribution in [3.05, 3.63) is 0 Å². The topological polar surface area (TPSA) is 32.3 Å². The first-order valence-electron chi connectivity index (χ1n) is 4.48. The van der Waals surface area contributed by atoms with Crippen molar-refractivity contribution in [3.63, 3.8) is 0 Å². The van der Waals surface area contributed by atoms with E-state index >= 15 is 0 Å². The summed E-state index contributed by atoms with van der Waals surface area (Å²) in [4.78, 5) is 12.5. The average molecular weight is 248 g/mol. The van der Waals surface area contributed by atoms with Gasteiger partial charge in [-0.1, -0.05) is 0 Å². The van der Waals surface area contributed by atoms with Gasteiger partial charge < -0.3 is 23.2 Å². The van der Waals surface area contributed by atoms with Gasteiger partial charge in [-0.15, -0.1) is 0 Å². The minimum Gasteiger partial charge on any atom is -0.448 e. The predicted octanol–water partition coefficient (Wildman–Crippen LogP) is -2.41. The molecule has 1 aliphatic rings. The summed E-state index contributed by atoms with van der Waals surface area (Å²) in [6.07, 6.45) is -0.972. The van der Waals surface area contributed by atoms with Crippen molar-refractivity contribution in [1.82, 2.24) is 10.2 Å². The first-order valence-corrected chi connectivity index (χ1v) is 4.48. The van der Waals surface area contributed by atoms with E-state index in [1.165, 1.54) is 18.7 Å². The van der Waals surface area contributed by atoms with Crippen LogP contribution in [0.5, 0.6) is 0 Å². The molecule has 15 heavy (non-hydrogen) atoms. The molecule has 1 N–H and O–H groups in total. The van der Waals surface area contributed by atoms with Crippen LogP contribution in [0.25, 0.3) is 0 Å². The number of halogens is 3. The van der Waals surface area contributed by atoms with Crippen molar-refractivity contribution in [2.24, 2.45) is 0 Å². The van der Waals surface area contributed by atoms with Crippen molar-refractivity contribution in [3.8, 4) is 0 Å². The van der Waals surface area contributed by atoms with Crippen molar-refractivity contribution in [2.75, 3.05) is 19.5 Å². The molecule has 1 aliphatic heterocycles. The van der Waals surface area contributed by atoms with Gasteiger partial charge in [-0.25, -0.2) is 0 Å². The van der Waals surface area contributed by atoms with E-state index in [1.807, 2.05) is 0 Å². The molecule has 0 bridgehead atoms. The van der Waals surface area contributed by atoms with Gasteiger partial charge in [0.25, 0.3) is 0 Å². The van der Waals surface area contributed by atoms with Crippen LogP contribution in [0, 0.1) is 0 Å². The maximum Gasteiger partial charge on any atom is 1.00 e. The molecule has 0 aromatic heterocycles. The monoisotopic (exact) mass is 248 g/mol. The van der Waals surface area contributed by atoms with Crippen molar-refractivity contribution in [1.29, 1.82) is 0 Å². The van der Waals surface area contributed by atoms with Crippen LogP contribution in [0.1, 0.15) is 13.8 Å². The van der Waals surface area contributed by atoms with Gasteiger partial charge >= 0.3 is 58.4 Å². The Bertz CT molecular complexity index is 247. The third-order valence-electron chi connectivity index (χ3n) is 2.44. The van der Waals surface area contributed by atoms with Gasteiger partial charge in [-0.2, -0.15) is 0 Å². The van der Waals surface area contributed by atoms with Gasteiger partial charge in [0, 0.05) is 13.1 Å². The van der Waals surface area contributed by atoms with Gasteiger partial charge in [0.15, 0.2) is 0 Å². The summed E-state index contributed by atoms with van der Waals surface area (Å²) in [6, 6.07) is 0. The summed E-state index contributed by atoms with van der Waals surface area (Å²) >= 11 is 0. The Hall–Kier alpha value is 0.921. The molecule has 0 spiro atoms. The van der Waals surface area contributed by atoms with E-state index in [1.54, 1.807) is 0 Å². The first kappa shape index (κ1) is 15.9. The molecule has 0 aromatic rings. The van der Waals surface area contributed by atoms with Crippen LogP contribution in [0.4, 0.5) is 12.9 Å². The Kier molecular flexibility index (Phi) is 5.84. The Morgan fingerprint density at radius 2 is 2.00 bits per heavy atom. The fourth-order valence-corrected chi connectivity index (χ4v) is 1.51. The molecule has 0 aliphatic carbocycles. The third kappa shape index (κ3) is 4.35. The molecule has 0 aromatic carbocycles. The van der Waals surface area contributed by atoms with E-state index in [2.05, 4.69) is 5.32 Å². The number of amides is 1. The minimum atomic E-state index is -4.87. The molecule has 1 amide bonds. The summed E-state index contributed by atoms with van der Waals surface area (Å²) in [5.41, 5.74) is -1.06. The molecular weight excluding hydrogens is 235 g/mol. The second-order valence-electron chi connectivity index (χ2n) is 3.97. The molecule has 82 valence electrons. The summed E-state index contributed by atoms with van der Waals surface area (Å²) in [5, 5.41) is 2.55. The fraction of sp³-hybridized carbons (Fsp3) is 0.857. The van der Waals surface area contributed by atoms with Crippen LogP contribution in [-0.4, -0.2) is 42.9 Å². The van der Waals surface area contributed by atoms with Crippen LogP contribution in [0.15, 0.2) is 0 Å². The molecule has 1 rings (SSSR count). The number of carbonyl (C=O) groups is 1. The summed E-state index contributed by atoms with van der Waals surface area (Å²) in [6.45, 7) is -1.33. The second-order valence-corrected chi connectivity index (χ2v) is 3.97. The number of hydrogen-bond acceptors (Lipinski definition) is 2. The molecule has 1 fully saturated rings. The normalized spacial score (nSPS) is 21.8. The van der Waals surface area contributed by atoms with Gasteiger partial charge in [-0.3, -0.25) is 4.79 Å². The molecule has 0 unspecified atom stereocenters. The van der Waals surface area contributed by atoms with Gasteiger partial charge in [-0.05, 0) is 20.3 Å². The van der Waals surface area contributed by atoms with Gasteiger partial charge in [0.1, 0.15) is 0 Å². The minimum absolute atomic E-state index is 0. The quantitative estimate of drug-likeness (QED) is 0.552. The van der Waals surface area contributed by atoms with E-state index < -0.39 is 19.0 Å². The molecule has 1 saturated heterocycles. The van der Waals surface area contributed by atoms with Crippen molar-refractivity contribution < 1.29 is 69.1 Å². The number of carbonyl (C=O) groups excluding carboxylic acids is 1. The van der Waals surface area contributed by atoms with Crippen LogP contribution < -0.4 is 56.7 Å². The summed E-state index contributed by atoms with van der Waals surface area (Å²) in [7, 11) is 0. The fourth-order valence-electron chi connectivity index (χ4n) is 1.51. The zero-order valence-corrected chi connectivity index (χ0v) is 12.3. The van der Waals surface area contributed by atoms with Crippen LogP contribution >= 0.6 is 0 Å². The number of nitrogens with one attached hydrogen (secondary N) is 1. The second kappa shape index (κ2) is 5.50. The Balaban J connectivity index is 0.00000196. The molecule has 0 atom stereocenters. The van der Waals surface area contributed by atoms with E-state index in [0.717, 1.165) is 0 Å². The largest absolute Gasteiger partial charge is 1.00 e. The Morgan fingerprint density at radius 1 is 1.47 bits per heavy atom. The van der Waals surface area contributed by atoms with Gasteiger partial charge in [0.2, 0.25) is 5.91 Å². The molecular formula is C7H13BF3KN2O. The molecule has 0 saturated carbocycles. The number of rotatable bonds is 2. The first-order chi connectivity index (χ1) is 6.23. The maximum absolute atomic E-state index is 12.2. The smallest absolute Gasteiger partial charge is 0.448 e. The number of piperazine rings is 1. The van der Waals surface area contributed by atoms with Crippen LogP contribution in [-0.2, 0) is 4.79 Å². The SMILES string of the molecule is CC1(C)C(=O)NCCN1C[B-](F)(F)F.[K+]. The molecule has 3 nitrogen and oxygen atoms in total. The summed E-state index contributed by atoms with van der Waals surface area (Å²) < 4.78 is 36.6. The van der Waals surface area contributed by atoms with E-state index in [4.69, 9.17) is 0 Å². The Morgan fingerprint density at radius 3 is 2.47 bits per heavy atom. The van der Waals surface area contributed by atoms with Crippen molar-refractivity contribution >= 4 is 12.9 Å². The number of nitrogens with zero attached hydrogens (tertiary/aromatic N) is 1. The van der Waals surface area contributed by atoms with E-state index in [9.17, 15) is 17.7 Å². The standard InChI is InChI=1S/C7H13BF3N2O.K/c1-7(2)6(14)12-3-4-13(7)5-8(9,10)11;/h3-5H2,1-2H3,(H,12,14);/q-1;+1. The molecule has 0 radical (unpaired) electrons. The van der Waals surface area contributed by atoms with E-state index in [-0.39, 0.29) is 70.4 Å². The molecule has 1 heterocycles. The predicted molar refractivity (Wildman–Crippen MR) is 47.7 cm³/mol. The van der Waals surface area contributed by atoms with Crippen LogP contribution in [0.2, 0.25) is 0 Å². The Labute approximate surface area is 130 Å².